The van der Waals surface area contributed by atoms with Gasteiger partial charge in [-0.05, 0) is 31.3 Å². The van der Waals surface area contributed by atoms with Crippen LogP contribution in [0.25, 0.3) is 0 Å². The van der Waals surface area contributed by atoms with Crippen LogP contribution in [0.15, 0.2) is 4.99 Å². The maximum Gasteiger partial charge on any atom is 0.194 e. The second kappa shape index (κ2) is 12.8. The molecule has 0 radical (unpaired) electrons. The highest BCUT2D eigenvalue weighted by molar-refractivity contribution is 14.0. The minimum absolute atomic E-state index is 0. The van der Waals surface area contributed by atoms with Gasteiger partial charge in [0.1, 0.15) is 12.4 Å². The van der Waals surface area contributed by atoms with Crippen LogP contribution in [0.5, 0.6) is 0 Å². The summed E-state index contributed by atoms with van der Waals surface area (Å²) in [5.41, 5.74) is 0. The second-order valence-electron chi connectivity index (χ2n) is 7.32. The van der Waals surface area contributed by atoms with Gasteiger partial charge >= 0.3 is 0 Å². The molecule has 0 amide bonds. The maximum atomic E-state index is 4.86. The number of aromatic nitrogens is 3. The summed E-state index contributed by atoms with van der Waals surface area (Å²) in [6.45, 7) is 13.5. The Morgan fingerprint density at radius 1 is 1.22 bits per heavy atom. The molecule has 2 heterocycles. The predicted octanol–water partition coefficient (Wildman–Crippen LogP) is 2.21. The van der Waals surface area contributed by atoms with Crippen molar-refractivity contribution in [2.45, 2.75) is 33.7 Å². The Labute approximate surface area is 185 Å². The van der Waals surface area contributed by atoms with Crippen molar-refractivity contribution in [1.29, 1.82) is 0 Å². The van der Waals surface area contributed by atoms with E-state index in [0.29, 0.717) is 6.54 Å². The van der Waals surface area contributed by atoms with E-state index < -0.39 is 0 Å². The van der Waals surface area contributed by atoms with E-state index in [-0.39, 0.29) is 24.0 Å². The third-order valence-electron chi connectivity index (χ3n) is 4.66. The smallest absolute Gasteiger partial charge is 0.194 e. The second-order valence-corrected chi connectivity index (χ2v) is 8.30. The summed E-state index contributed by atoms with van der Waals surface area (Å²) in [6.07, 6.45) is 3.30. The molecule has 0 unspecified atom stereocenters. The van der Waals surface area contributed by atoms with E-state index in [4.69, 9.17) is 4.99 Å². The fourth-order valence-corrected chi connectivity index (χ4v) is 3.51. The fraction of sp³-hybridized carbons (Fsp3) is 0.833. The minimum atomic E-state index is 0. The predicted molar refractivity (Wildman–Crippen MR) is 126 cm³/mol. The zero-order chi connectivity index (χ0) is 18.9. The van der Waals surface area contributed by atoms with Crippen LogP contribution in [0.2, 0.25) is 0 Å². The third-order valence-corrected chi connectivity index (χ3v) is 5.35. The molecule has 0 spiro atoms. The number of halogens is 1. The van der Waals surface area contributed by atoms with Gasteiger partial charge in [-0.25, -0.2) is 4.99 Å². The topological polar surface area (TPSA) is 61.6 Å². The van der Waals surface area contributed by atoms with E-state index in [0.717, 1.165) is 62.7 Å². The SMILES string of the molecule is CSCCCNC(=NCc1nnc(C)n1C)N1CCN(CC(C)C)CC1.I. The summed E-state index contributed by atoms with van der Waals surface area (Å²) < 4.78 is 2.01. The average Bonchev–Trinajstić information content (AvgIpc) is 2.93. The molecule has 1 aromatic heterocycles. The third kappa shape index (κ3) is 8.15. The van der Waals surface area contributed by atoms with Gasteiger partial charge in [-0.2, -0.15) is 11.8 Å². The minimum Gasteiger partial charge on any atom is -0.356 e. The van der Waals surface area contributed by atoms with Crippen LogP contribution < -0.4 is 5.32 Å². The first-order valence-electron chi connectivity index (χ1n) is 9.60. The van der Waals surface area contributed by atoms with E-state index in [1.807, 2.05) is 30.3 Å². The molecule has 1 saturated heterocycles. The molecule has 1 aliphatic heterocycles. The van der Waals surface area contributed by atoms with Crippen molar-refractivity contribution < 1.29 is 0 Å². The van der Waals surface area contributed by atoms with Crippen molar-refractivity contribution in [2.24, 2.45) is 18.0 Å². The molecule has 0 saturated carbocycles. The Morgan fingerprint density at radius 2 is 1.93 bits per heavy atom. The van der Waals surface area contributed by atoms with Gasteiger partial charge in [-0.15, -0.1) is 34.2 Å². The monoisotopic (exact) mass is 509 g/mol. The van der Waals surface area contributed by atoms with Crippen LogP contribution >= 0.6 is 35.7 Å². The highest BCUT2D eigenvalue weighted by Gasteiger charge is 2.20. The Kier molecular flexibility index (Phi) is 11.6. The standard InChI is InChI=1S/C18H35N7S.HI/c1-15(2)14-24-8-10-25(11-9-24)18(19-7-6-12-26-5)20-13-17-22-21-16(3)23(17)4;/h15H,6-14H2,1-5H3,(H,19,20);1H. The number of hydrogen-bond acceptors (Lipinski definition) is 5. The fourth-order valence-electron chi connectivity index (χ4n) is 3.08. The summed E-state index contributed by atoms with van der Waals surface area (Å²) >= 11 is 1.89. The number of piperazine rings is 1. The van der Waals surface area contributed by atoms with Crippen molar-refractivity contribution in [3.05, 3.63) is 11.6 Å². The van der Waals surface area contributed by atoms with Crippen LogP contribution in [0.4, 0.5) is 0 Å². The molecule has 27 heavy (non-hydrogen) atoms. The van der Waals surface area contributed by atoms with E-state index >= 15 is 0 Å². The summed E-state index contributed by atoms with van der Waals surface area (Å²) in [5.74, 6) is 4.73. The largest absolute Gasteiger partial charge is 0.356 e. The van der Waals surface area contributed by atoms with Gasteiger partial charge in [-0.1, -0.05) is 13.8 Å². The summed E-state index contributed by atoms with van der Waals surface area (Å²) in [6, 6.07) is 0. The number of rotatable bonds is 8. The highest BCUT2D eigenvalue weighted by Crippen LogP contribution is 2.07. The zero-order valence-corrected chi connectivity index (χ0v) is 20.6. The van der Waals surface area contributed by atoms with Crippen molar-refractivity contribution in [3.8, 4) is 0 Å². The van der Waals surface area contributed by atoms with Gasteiger partial charge < -0.3 is 14.8 Å². The number of guanidine groups is 1. The van der Waals surface area contributed by atoms with Gasteiger partial charge in [0.15, 0.2) is 11.8 Å². The van der Waals surface area contributed by atoms with E-state index in [1.165, 1.54) is 12.3 Å². The average molecular weight is 510 g/mol. The molecule has 1 fully saturated rings. The van der Waals surface area contributed by atoms with Crippen molar-refractivity contribution in [3.63, 3.8) is 0 Å². The first-order valence-corrected chi connectivity index (χ1v) is 11.0. The molecular formula is C18H36IN7S. The lowest BCUT2D eigenvalue weighted by atomic mass is 10.2. The molecule has 156 valence electrons. The maximum absolute atomic E-state index is 4.86. The number of nitrogens with zero attached hydrogens (tertiary/aromatic N) is 6. The Hall–Kier alpha value is -0.550. The molecule has 1 aliphatic rings. The number of nitrogens with one attached hydrogen (secondary N) is 1. The molecule has 2 rings (SSSR count). The van der Waals surface area contributed by atoms with Crippen molar-refractivity contribution in [1.82, 2.24) is 29.9 Å². The van der Waals surface area contributed by atoms with Gasteiger partial charge in [0.25, 0.3) is 0 Å². The summed E-state index contributed by atoms with van der Waals surface area (Å²) in [4.78, 5) is 9.80. The number of aliphatic imine (C=N–C) groups is 1. The van der Waals surface area contributed by atoms with Gasteiger partial charge in [0.2, 0.25) is 0 Å². The Balaban J connectivity index is 0.00000364. The van der Waals surface area contributed by atoms with Gasteiger partial charge in [0, 0.05) is 46.3 Å². The van der Waals surface area contributed by atoms with Crippen LogP contribution in [0.3, 0.4) is 0 Å². The zero-order valence-electron chi connectivity index (χ0n) is 17.4. The lowest BCUT2D eigenvalue weighted by molar-refractivity contribution is 0.164. The van der Waals surface area contributed by atoms with E-state index in [9.17, 15) is 0 Å². The Bertz CT molecular complexity index is 568. The van der Waals surface area contributed by atoms with Gasteiger partial charge in [-0.3, -0.25) is 4.90 Å². The molecule has 9 heteroatoms. The number of thioether (sulfide) groups is 1. The molecule has 0 bridgehead atoms. The molecule has 0 aliphatic carbocycles. The molecule has 0 atom stereocenters. The highest BCUT2D eigenvalue weighted by atomic mass is 127. The van der Waals surface area contributed by atoms with E-state index in [1.54, 1.807) is 0 Å². The Morgan fingerprint density at radius 3 is 2.48 bits per heavy atom. The van der Waals surface area contributed by atoms with Crippen molar-refractivity contribution in [2.75, 3.05) is 51.3 Å². The van der Waals surface area contributed by atoms with Crippen LogP contribution in [0, 0.1) is 12.8 Å². The first kappa shape index (κ1) is 24.5. The first-order chi connectivity index (χ1) is 12.5. The van der Waals surface area contributed by atoms with E-state index in [2.05, 4.69) is 45.4 Å². The normalized spacial score (nSPS) is 15.9. The summed E-state index contributed by atoms with van der Waals surface area (Å²) in [5, 5.41) is 11.9. The molecule has 1 N–H and O–H groups in total. The molecule has 7 nitrogen and oxygen atoms in total. The van der Waals surface area contributed by atoms with Crippen LogP contribution in [-0.2, 0) is 13.6 Å². The quantitative estimate of drug-likeness (QED) is 0.251. The van der Waals surface area contributed by atoms with Gasteiger partial charge in [0.05, 0.1) is 0 Å². The van der Waals surface area contributed by atoms with Crippen molar-refractivity contribution >= 4 is 41.7 Å². The van der Waals surface area contributed by atoms with Crippen LogP contribution in [-0.4, -0.2) is 81.8 Å². The summed E-state index contributed by atoms with van der Waals surface area (Å²) in [7, 11) is 2.00. The van der Waals surface area contributed by atoms with Crippen LogP contribution in [0.1, 0.15) is 31.9 Å². The lowest BCUT2D eigenvalue weighted by Gasteiger charge is -2.37. The molecule has 1 aromatic rings. The molecule has 0 aromatic carbocycles. The number of aryl methyl sites for hydroxylation is 1. The number of hydrogen-bond donors (Lipinski definition) is 1. The lowest BCUT2D eigenvalue weighted by Crippen LogP contribution is -2.53. The molecular weight excluding hydrogens is 473 g/mol.